The summed E-state index contributed by atoms with van der Waals surface area (Å²) in [6.45, 7) is 7.08. The van der Waals surface area contributed by atoms with Gasteiger partial charge in [-0.05, 0) is 12.3 Å². The lowest BCUT2D eigenvalue weighted by Crippen LogP contribution is -2.54. The van der Waals surface area contributed by atoms with E-state index in [1.807, 2.05) is 13.8 Å². The molecule has 21 heavy (non-hydrogen) atoms. The highest BCUT2D eigenvalue weighted by Crippen LogP contribution is 2.30. The van der Waals surface area contributed by atoms with Crippen LogP contribution < -0.4 is 16.4 Å². The number of carbonyl (C=O) groups is 1. The summed E-state index contributed by atoms with van der Waals surface area (Å²) in [5.74, 6) is -0.340. The van der Waals surface area contributed by atoms with Crippen molar-refractivity contribution in [1.29, 1.82) is 0 Å². The van der Waals surface area contributed by atoms with Crippen LogP contribution in [0.25, 0.3) is 0 Å². The lowest BCUT2D eigenvalue weighted by Gasteiger charge is -2.43. The largest absolute Gasteiger partial charge is 0.352 e. The molecule has 1 unspecified atom stereocenters. The third kappa shape index (κ3) is 4.39. The predicted octanol–water partition coefficient (Wildman–Crippen LogP) is 0.361. The monoisotopic (exact) mass is 299 g/mol. The number of nitrogens with two attached hydrogens (primary N) is 1. The number of rotatable bonds is 5. The second-order valence-corrected chi connectivity index (χ2v) is 6.19. The quantitative estimate of drug-likeness (QED) is 0.682. The molecule has 2 heterocycles. The standard InChI is InChI=1S/C15H29N3O3/c1-3-11(2)13(16)14(19)18-10-12-4-9-20-15(21-12)5-7-17-8-6-15/h11-13,17H,3-10,16H2,1-2H3,(H,18,19)/t11-,12?,13-/m0/s1. The summed E-state index contributed by atoms with van der Waals surface area (Å²) in [7, 11) is 0. The first-order chi connectivity index (χ1) is 10.1. The molecule has 0 bridgehead atoms. The summed E-state index contributed by atoms with van der Waals surface area (Å²) < 4.78 is 12.0. The molecule has 1 spiro atoms. The minimum absolute atomic E-state index is 0.0185. The normalized spacial score (nSPS) is 28.0. The van der Waals surface area contributed by atoms with Crippen molar-refractivity contribution >= 4 is 5.91 Å². The Bertz CT molecular complexity index is 340. The maximum Gasteiger partial charge on any atom is 0.237 e. The van der Waals surface area contributed by atoms with Crippen LogP contribution in [0.2, 0.25) is 0 Å². The van der Waals surface area contributed by atoms with Gasteiger partial charge in [-0.15, -0.1) is 0 Å². The molecular weight excluding hydrogens is 270 g/mol. The first kappa shape index (κ1) is 16.7. The highest BCUT2D eigenvalue weighted by Gasteiger charge is 2.39. The topological polar surface area (TPSA) is 85.6 Å². The van der Waals surface area contributed by atoms with Gasteiger partial charge in [-0.25, -0.2) is 0 Å². The lowest BCUT2D eigenvalue weighted by atomic mass is 9.99. The van der Waals surface area contributed by atoms with Crippen LogP contribution in [0.1, 0.15) is 39.5 Å². The van der Waals surface area contributed by atoms with Crippen LogP contribution >= 0.6 is 0 Å². The Labute approximate surface area is 127 Å². The average Bonchev–Trinajstić information content (AvgIpc) is 2.52. The van der Waals surface area contributed by atoms with Crippen LogP contribution in [-0.2, 0) is 14.3 Å². The second-order valence-electron chi connectivity index (χ2n) is 6.19. The van der Waals surface area contributed by atoms with E-state index in [4.69, 9.17) is 15.2 Å². The molecular formula is C15H29N3O3. The van der Waals surface area contributed by atoms with E-state index in [1.165, 1.54) is 0 Å². The second kappa shape index (κ2) is 7.54. The summed E-state index contributed by atoms with van der Waals surface area (Å²) in [5, 5.41) is 6.24. The van der Waals surface area contributed by atoms with E-state index in [2.05, 4.69) is 10.6 Å². The van der Waals surface area contributed by atoms with Crippen LogP contribution in [0.15, 0.2) is 0 Å². The van der Waals surface area contributed by atoms with Crippen molar-refractivity contribution < 1.29 is 14.3 Å². The highest BCUT2D eigenvalue weighted by atomic mass is 16.7. The number of carbonyl (C=O) groups excluding carboxylic acids is 1. The Morgan fingerprint density at radius 3 is 2.86 bits per heavy atom. The molecule has 0 aromatic rings. The minimum Gasteiger partial charge on any atom is -0.352 e. The van der Waals surface area contributed by atoms with Gasteiger partial charge in [0.25, 0.3) is 0 Å². The fourth-order valence-corrected chi connectivity index (χ4v) is 2.83. The van der Waals surface area contributed by atoms with Gasteiger partial charge in [0.05, 0.1) is 18.8 Å². The number of nitrogens with one attached hydrogen (secondary N) is 2. The highest BCUT2D eigenvalue weighted by molar-refractivity contribution is 5.81. The molecule has 4 N–H and O–H groups in total. The zero-order valence-corrected chi connectivity index (χ0v) is 13.2. The molecule has 1 amide bonds. The molecule has 122 valence electrons. The van der Waals surface area contributed by atoms with Crippen molar-refractivity contribution in [2.45, 2.75) is 57.5 Å². The summed E-state index contributed by atoms with van der Waals surface area (Å²) in [4.78, 5) is 12.0. The first-order valence-electron chi connectivity index (χ1n) is 8.12. The van der Waals surface area contributed by atoms with Crippen LogP contribution in [0.3, 0.4) is 0 Å². The van der Waals surface area contributed by atoms with Crippen molar-refractivity contribution in [2.24, 2.45) is 11.7 Å². The SMILES string of the molecule is CC[C@H](C)[C@H](N)C(=O)NCC1CCOC2(CCNCC2)O1. The molecule has 2 rings (SSSR count). The van der Waals surface area contributed by atoms with Crippen molar-refractivity contribution in [3.8, 4) is 0 Å². The molecule has 0 radical (unpaired) electrons. The Hall–Kier alpha value is -0.690. The van der Waals surface area contributed by atoms with E-state index in [9.17, 15) is 4.79 Å². The maximum atomic E-state index is 12.0. The summed E-state index contributed by atoms with van der Waals surface area (Å²) in [5.41, 5.74) is 5.94. The number of hydrogen-bond acceptors (Lipinski definition) is 5. The number of piperidine rings is 1. The van der Waals surface area contributed by atoms with Crippen molar-refractivity contribution in [2.75, 3.05) is 26.2 Å². The van der Waals surface area contributed by atoms with Crippen molar-refractivity contribution in [3.05, 3.63) is 0 Å². The first-order valence-corrected chi connectivity index (χ1v) is 8.12. The van der Waals surface area contributed by atoms with E-state index >= 15 is 0 Å². The van der Waals surface area contributed by atoms with Crippen LogP contribution in [0.4, 0.5) is 0 Å². The number of hydrogen-bond donors (Lipinski definition) is 3. The van der Waals surface area contributed by atoms with Crippen LogP contribution in [0, 0.1) is 5.92 Å². The van der Waals surface area contributed by atoms with Gasteiger partial charge in [-0.2, -0.15) is 0 Å². The van der Waals surface area contributed by atoms with Gasteiger partial charge in [-0.3, -0.25) is 4.79 Å². The van der Waals surface area contributed by atoms with Crippen LogP contribution in [-0.4, -0.2) is 50.1 Å². The molecule has 0 saturated carbocycles. The number of amides is 1. The summed E-state index contributed by atoms with van der Waals surface area (Å²) >= 11 is 0. The van der Waals surface area contributed by atoms with Crippen molar-refractivity contribution in [3.63, 3.8) is 0 Å². The smallest absolute Gasteiger partial charge is 0.237 e. The maximum absolute atomic E-state index is 12.0. The zero-order chi connectivity index (χ0) is 15.3. The van der Waals surface area contributed by atoms with Gasteiger partial charge in [0.1, 0.15) is 0 Å². The molecule has 2 saturated heterocycles. The van der Waals surface area contributed by atoms with E-state index < -0.39 is 11.8 Å². The van der Waals surface area contributed by atoms with E-state index in [-0.39, 0.29) is 17.9 Å². The Kier molecular flexibility index (Phi) is 5.98. The fraction of sp³-hybridized carbons (Fsp3) is 0.933. The Morgan fingerprint density at radius 1 is 1.48 bits per heavy atom. The molecule has 3 atom stereocenters. The zero-order valence-electron chi connectivity index (χ0n) is 13.2. The van der Waals surface area contributed by atoms with E-state index in [1.54, 1.807) is 0 Å². The molecule has 2 aliphatic heterocycles. The van der Waals surface area contributed by atoms with E-state index in [0.29, 0.717) is 13.2 Å². The molecule has 2 aliphatic rings. The minimum atomic E-state index is -0.447. The molecule has 6 heteroatoms. The molecule has 0 aliphatic carbocycles. The van der Waals surface area contributed by atoms with E-state index in [0.717, 1.165) is 38.8 Å². The van der Waals surface area contributed by atoms with Gasteiger partial charge in [0.2, 0.25) is 5.91 Å². The third-order valence-electron chi connectivity index (χ3n) is 4.62. The summed E-state index contributed by atoms with van der Waals surface area (Å²) in [6.07, 6.45) is 3.46. The molecule has 0 aromatic heterocycles. The molecule has 0 aromatic carbocycles. The summed E-state index contributed by atoms with van der Waals surface area (Å²) in [6, 6.07) is -0.442. The van der Waals surface area contributed by atoms with Gasteiger partial charge < -0.3 is 25.8 Å². The van der Waals surface area contributed by atoms with Crippen molar-refractivity contribution in [1.82, 2.24) is 10.6 Å². The molecule has 6 nitrogen and oxygen atoms in total. The fourth-order valence-electron chi connectivity index (χ4n) is 2.83. The van der Waals surface area contributed by atoms with Gasteiger partial charge in [-0.1, -0.05) is 20.3 Å². The van der Waals surface area contributed by atoms with Gasteiger partial charge in [0.15, 0.2) is 5.79 Å². The Morgan fingerprint density at radius 2 is 2.19 bits per heavy atom. The third-order valence-corrected chi connectivity index (χ3v) is 4.62. The molecule has 2 fully saturated rings. The average molecular weight is 299 g/mol. The van der Waals surface area contributed by atoms with Gasteiger partial charge >= 0.3 is 0 Å². The predicted molar refractivity (Wildman–Crippen MR) is 80.7 cm³/mol. The van der Waals surface area contributed by atoms with Gasteiger partial charge in [0, 0.05) is 32.5 Å². The Balaban J connectivity index is 1.79. The number of ether oxygens (including phenoxy) is 2. The van der Waals surface area contributed by atoms with Crippen LogP contribution in [0.5, 0.6) is 0 Å². The lowest BCUT2D eigenvalue weighted by molar-refractivity contribution is -0.301.